The molecule has 14 heteroatoms. The predicted molar refractivity (Wildman–Crippen MR) is 168 cm³/mol. The Labute approximate surface area is 250 Å². The van der Waals surface area contributed by atoms with E-state index in [0.29, 0.717) is 58.4 Å². The first-order chi connectivity index (χ1) is 21.4. The molecule has 220 valence electrons. The van der Waals surface area contributed by atoms with Gasteiger partial charge in [0.15, 0.2) is 22.9 Å². The van der Waals surface area contributed by atoms with Crippen molar-refractivity contribution in [2.75, 3.05) is 22.1 Å². The fraction of sp³-hybridized carbons (Fsp3) is 0.133. The molecule has 0 unspecified atom stereocenters. The van der Waals surface area contributed by atoms with E-state index in [-0.39, 0.29) is 24.7 Å². The smallest absolute Gasteiger partial charge is 0.226 e. The fourth-order valence-electron chi connectivity index (χ4n) is 4.56. The van der Waals surface area contributed by atoms with E-state index >= 15 is 0 Å². The number of hydrogen-bond acceptors (Lipinski definition) is 10. The standard InChI is InChI=1S/C30H28N12O2/c31-27-25-29(35-15-33-27)41(17-37-25)13-11-23(43)39-21-7-3-19(4-8-21)1-2-20-5-9-22(10-6-20)40-24(44)12-14-42-18-38-26-28(32)34-16-36-30(26)42/h1-10,15-18H,11-14H2,(H,39,43)(H,40,44)(H2,31,33,35)(H2,32,34,36)/b2-1+. The Balaban J connectivity index is 0.963. The molecular weight excluding hydrogens is 560 g/mol. The Morgan fingerprint density at radius 1 is 0.614 bits per heavy atom. The van der Waals surface area contributed by atoms with Crippen LogP contribution < -0.4 is 22.1 Å². The van der Waals surface area contributed by atoms with Crippen LogP contribution in [0.5, 0.6) is 0 Å². The number of fused-ring (bicyclic) bond motifs is 2. The number of aryl methyl sites for hydroxylation is 2. The van der Waals surface area contributed by atoms with Gasteiger partial charge in [0, 0.05) is 37.3 Å². The summed E-state index contributed by atoms with van der Waals surface area (Å²) in [5, 5.41) is 5.82. The minimum Gasteiger partial charge on any atom is -0.382 e. The normalized spacial score (nSPS) is 11.4. The van der Waals surface area contributed by atoms with Crippen LogP contribution in [-0.2, 0) is 22.7 Å². The average Bonchev–Trinajstić information content (AvgIpc) is 3.65. The number of hydrogen-bond donors (Lipinski definition) is 4. The lowest BCUT2D eigenvalue weighted by atomic mass is 10.1. The highest BCUT2D eigenvalue weighted by Gasteiger charge is 2.11. The van der Waals surface area contributed by atoms with Crippen LogP contribution in [0.25, 0.3) is 34.5 Å². The number of aromatic nitrogens is 8. The summed E-state index contributed by atoms with van der Waals surface area (Å²) in [4.78, 5) is 49.7. The number of nitrogens with zero attached hydrogens (tertiary/aromatic N) is 8. The van der Waals surface area contributed by atoms with Crippen LogP contribution >= 0.6 is 0 Å². The van der Waals surface area contributed by atoms with Gasteiger partial charge in [-0.2, -0.15) is 0 Å². The molecule has 0 spiro atoms. The third-order valence-electron chi connectivity index (χ3n) is 6.88. The maximum Gasteiger partial charge on any atom is 0.226 e. The van der Waals surface area contributed by atoms with Gasteiger partial charge in [-0.3, -0.25) is 9.59 Å². The van der Waals surface area contributed by atoms with Gasteiger partial charge in [0.25, 0.3) is 0 Å². The second-order valence-corrected chi connectivity index (χ2v) is 9.91. The number of carbonyl (C=O) groups is 2. The molecular formula is C30H28N12O2. The van der Waals surface area contributed by atoms with Gasteiger partial charge in [-0.15, -0.1) is 0 Å². The van der Waals surface area contributed by atoms with E-state index in [9.17, 15) is 9.59 Å². The number of nitrogens with one attached hydrogen (secondary N) is 2. The molecule has 4 heterocycles. The summed E-state index contributed by atoms with van der Waals surface area (Å²) in [6.07, 6.45) is 10.4. The van der Waals surface area contributed by atoms with E-state index < -0.39 is 0 Å². The first kappa shape index (κ1) is 28.0. The number of rotatable bonds is 10. The van der Waals surface area contributed by atoms with Gasteiger partial charge in [-0.25, -0.2) is 29.9 Å². The van der Waals surface area contributed by atoms with E-state index in [1.165, 1.54) is 12.7 Å². The number of nitrogens with two attached hydrogens (primary N) is 2. The van der Waals surface area contributed by atoms with E-state index in [1.807, 2.05) is 60.7 Å². The SMILES string of the molecule is Nc1ncnc2c1ncn2CCC(=O)Nc1ccc(/C=C/c2ccc(NC(=O)CCn3cnc4c(N)ncnc43)cc2)cc1. The highest BCUT2D eigenvalue weighted by Crippen LogP contribution is 2.18. The van der Waals surface area contributed by atoms with Gasteiger partial charge >= 0.3 is 0 Å². The number of benzene rings is 2. The van der Waals surface area contributed by atoms with Crippen LogP contribution in [0.4, 0.5) is 23.0 Å². The minimum absolute atomic E-state index is 0.126. The van der Waals surface area contributed by atoms with Crippen molar-refractivity contribution >= 4 is 69.3 Å². The van der Waals surface area contributed by atoms with Gasteiger partial charge in [0.05, 0.1) is 12.7 Å². The number of nitrogen functional groups attached to an aromatic ring is 2. The molecule has 2 amide bonds. The molecule has 0 aliphatic heterocycles. The molecule has 0 saturated heterocycles. The molecule has 0 fully saturated rings. The summed E-state index contributed by atoms with van der Waals surface area (Å²) in [7, 11) is 0. The molecule has 6 rings (SSSR count). The van der Waals surface area contributed by atoms with Crippen molar-refractivity contribution in [1.29, 1.82) is 0 Å². The third-order valence-corrected chi connectivity index (χ3v) is 6.88. The second-order valence-electron chi connectivity index (χ2n) is 9.91. The van der Waals surface area contributed by atoms with Crippen LogP contribution in [0.15, 0.2) is 73.8 Å². The summed E-state index contributed by atoms with van der Waals surface area (Å²) in [5.41, 5.74) is 17.2. The fourth-order valence-corrected chi connectivity index (χ4v) is 4.56. The van der Waals surface area contributed by atoms with Crippen molar-refractivity contribution in [3.8, 4) is 0 Å². The minimum atomic E-state index is -0.126. The molecule has 2 aromatic carbocycles. The van der Waals surface area contributed by atoms with Gasteiger partial charge < -0.3 is 31.2 Å². The molecule has 0 aliphatic rings. The molecule has 0 atom stereocenters. The molecule has 0 saturated carbocycles. The van der Waals surface area contributed by atoms with Gasteiger partial charge in [-0.05, 0) is 35.4 Å². The lowest BCUT2D eigenvalue weighted by molar-refractivity contribution is -0.117. The van der Waals surface area contributed by atoms with Gasteiger partial charge in [-0.1, -0.05) is 36.4 Å². The Morgan fingerprint density at radius 3 is 1.43 bits per heavy atom. The van der Waals surface area contributed by atoms with Gasteiger partial charge in [0.1, 0.15) is 23.7 Å². The van der Waals surface area contributed by atoms with Crippen molar-refractivity contribution in [2.45, 2.75) is 25.9 Å². The predicted octanol–water partition coefficient (Wildman–Crippen LogP) is 3.36. The van der Waals surface area contributed by atoms with E-state index in [2.05, 4.69) is 40.5 Å². The number of carbonyl (C=O) groups excluding carboxylic acids is 2. The molecule has 0 aliphatic carbocycles. The average molecular weight is 589 g/mol. The maximum atomic E-state index is 12.5. The molecule has 0 bridgehead atoms. The van der Waals surface area contributed by atoms with E-state index in [1.54, 1.807) is 21.8 Å². The summed E-state index contributed by atoms with van der Waals surface area (Å²) in [5.74, 6) is 0.367. The summed E-state index contributed by atoms with van der Waals surface area (Å²) < 4.78 is 3.55. The topological polar surface area (TPSA) is 197 Å². The van der Waals surface area contributed by atoms with Crippen molar-refractivity contribution < 1.29 is 9.59 Å². The quantitative estimate of drug-likeness (QED) is 0.172. The van der Waals surface area contributed by atoms with Crippen molar-refractivity contribution in [1.82, 2.24) is 39.0 Å². The molecule has 6 aromatic rings. The van der Waals surface area contributed by atoms with Crippen LogP contribution in [0.3, 0.4) is 0 Å². The third kappa shape index (κ3) is 6.33. The Morgan fingerprint density at radius 2 is 1.02 bits per heavy atom. The highest BCUT2D eigenvalue weighted by molar-refractivity contribution is 5.92. The molecule has 44 heavy (non-hydrogen) atoms. The Bertz CT molecular complexity index is 1830. The van der Waals surface area contributed by atoms with Gasteiger partial charge in [0.2, 0.25) is 11.8 Å². The zero-order chi connectivity index (χ0) is 30.5. The number of amides is 2. The van der Waals surface area contributed by atoms with Crippen molar-refractivity contribution in [2.24, 2.45) is 0 Å². The number of imidazole rings is 2. The summed E-state index contributed by atoms with van der Waals surface area (Å²) in [6, 6.07) is 15.1. The lowest BCUT2D eigenvalue weighted by Crippen LogP contribution is -2.14. The molecule has 0 radical (unpaired) electrons. The first-order valence-corrected chi connectivity index (χ1v) is 13.7. The van der Waals surface area contributed by atoms with Crippen LogP contribution in [-0.4, -0.2) is 50.9 Å². The van der Waals surface area contributed by atoms with Crippen LogP contribution in [0.1, 0.15) is 24.0 Å². The first-order valence-electron chi connectivity index (χ1n) is 13.7. The molecule has 14 nitrogen and oxygen atoms in total. The number of anilines is 4. The second kappa shape index (κ2) is 12.4. The zero-order valence-corrected chi connectivity index (χ0v) is 23.5. The maximum absolute atomic E-state index is 12.5. The summed E-state index contributed by atoms with van der Waals surface area (Å²) in [6.45, 7) is 0.827. The van der Waals surface area contributed by atoms with E-state index in [4.69, 9.17) is 11.5 Å². The largest absolute Gasteiger partial charge is 0.382 e. The molecule has 4 aromatic heterocycles. The summed E-state index contributed by atoms with van der Waals surface area (Å²) >= 11 is 0. The van der Waals surface area contributed by atoms with Crippen LogP contribution in [0, 0.1) is 0 Å². The zero-order valence-electron chi connectivity index (χ0n) is 23.5. The Hall–Kier alpha value is -6.18. The monoisotopic (exact) mass is 588 g/mol. The van der Waals surface area contributed by atoms with E-state index in [0.717, 1.165) is 11.1 Å². The lowest BCUT2D eigenvalue weighted by Gasteiger charge is -2.07. The highest BCUT2D eigenvalue weighted by atomic mass is 16.2. The Kier molecular flexibility index (Phi) is 7.86. The molecule has 6 N–H and O–H groups in total. The van der Waals surface area contributed by atoms with Crippen LogP contribution in [0.2, 0.25) is 0 Å². The van der Waals surface area contributed by atoms with Crippen molar-refractivity contribution in [3.63, 3.8) is 0 Å². The van der Waals surface area contributed by atoms with Crippen molar-refractivity contribution in [3.05, 3.63) is 85.0 Å².